The van der Waals surface area contributed by atoms with E-state index in [0.29, 0.717) is 6.54 Å². The first-order valence-corrected chi connectivity index (χ1v) is 7.86. The summed E-state index contributed by atoms with van der Waals surface area (Å²) < 4.78 is 26.2. The maximum atomic E-state index is 12.5. The largest absolute Gasteiger partial charge is 0.246 e. The van der Waals surface area contributed by atoms with Gasteiger partial charge in [-0.2, -0.15) is 4.31 Å². The molecule has 1 aromatic heterocycles. The second kappa shape index (κ2) is 5.91. The molecule has 0 aliphatic carbocycles. The van der Waals surface area contributed by atoms with E-state index in [1.54, 1.807) is 6.07 Å². The van der Waals surface area contributed by atoms with Gasteiger partial charge in [-0.3, -0.25) is 0 Å². The lowest BCUT2D eigenvalue weighted by Crippen LogP contribution is -2.27. The molecule has 6 heteroatoms. The first-order chi connectivity index (χ1) is 9.43. The number of halogens is 1. The lowest BCUT2D eigenvalue weighted by atomic mass is 10.1. The van der Waals surface area contributed by atoms with Crippen LogP contribution in [0, 0.1) is 6.92 Å². The first kappa shape index (κ1) is 15.0. The Kier molecular flexibility index (Phi) is 4.42. The summed E-state index contributed by atoms with van der Waals surface area (Å²) in [6.45, 7) is 2.24. The van der Waals surface area contributed by atoms with Crippen LogP contribution >= 0.6 is 11.6 Å². The van der Waals surface area contributed by atoms with Gasteiger partial charge in [0, 0.05) is 19.8 Å². The number of aryl methyl sites for hydroxylation is 1. The van der Waals surface area contributed by atoms with Gasteiger partial charge < -0.3 is 0 Å². The van der Waals surface area contributed by atoms with E-state index < -0.39 is 10.0 Å². The van der Waals surface area contributed by atoms with Crippen LogP contribution in [0.3, 0.4) is 0 Å². The number of pyridine rings is 1. The molecule has 0 aliphatic rings. The second-order valence-corrected chi connectivity index (χ2v) is 6.85. The van der Waals surface area contributed by atoms with Gasteiger partial charge in [-0.15, -0.1) is 0 Å². The molecular weight excluding hydrogens is 296 g/mol. The smallest absolute Gasteiger partial charge is 0.243 e. The fourth-order valence-electron chi connectivity index (χ4n) is 1.84. The van der Waals surface area contributed by atoms with Crippen LogP contribution in [-0.2, 0) is 16.6 Å². The molecule has 4 nitrogen and oxygen atoms in total. The van der Waals surface area contributed by atoms with Crippen molar-refractivity contribution in [3.8, 4) is 0 Å². The zero-order chi connectivity index (χ0) is 14.8. The summed E-state index contributed by atoms with van der Waals surface area (Å²) in [5.41, 5.74) is 2.01. The Morgan fingerprint density at radius 3 is 2.55 bits per heavy atom. The van der Waals surface area contributed by atoms with Crippen molar-refractivity contribution < 1.29 is 8.42 Å². The maximum absolute atomic E-state index is 12.5. The third-order valence-corrected chi connectivity index (χ3v) is 5.32. The van der Waals surface area contributed by atoms with Crippen LogP contribution in [-0.4, -0.2) is 24.8 Å². The Hall–Kier alpha value is -1.43. The van der Waals surface area contributed by atoms with Crippen molar-refractivity contribution in [1.82, 2.24) is 9.29 Å². The number of benzene rings is 1. The Bertz CT molecular complexity index is 717. The molecule has 0 atom stereocenters. The second-order valence-electron chi connectivity index (χ2n) is 4.48. The normalized spacial score (nSPS) is 11.8. The van der Waals surface area contributed by atoms with E-state index in [2.05, 4.69) is 4.98 Å². The van der Waals surface area contributed by atoms with E-state index in [-0.39, 0.29) is 10.0 Å². The number of nitrogens with zero attached hydrogens (tertiary/aromatic N) is 2. The van der Waals surface area contributed by atoms with Gasteiger partial charge in [-0.1, -0.05) is 35.9 Å². The SMILES string of the molecule is Cc1ccccc1CN(C)S(=O)(=O)c1cccnc1Cl. The van der Waals surface area contributed by atoms with Crippen molar-refractivity contribution in [1.29, 1.82) is 0 Å². The van der Waals surface area contributed by atoms with Crippen molar-refractivity contribution >= 4 is 21.6 Å². The summed E-state index contributed by atoms with van der Waals surface area (Å²) >= 11 is 5.87. The van der Waals surface area contributed by atoms with E-state index in [0.717, 1.165) is 11.1 Å². The van der Waals surface area contributed by atoms with E-state index in [4.69, 9.17) is 11.6 Å². The van der Waals surface area contributed by atoms with Crippen LogP contribution in [0.2, 0.25) is 5.15 Å². The average Bonchev–Trinajstić information content (AvgIpc) is 2.41. The number of sulfonamides is 1. The van der Waals surface area contributed by atoms with Crippen LogP contribution in [0.25, 0.3) is 0 Å². The number of hydrogen-bond donors (Lipinski definition) is 0. The monoisotopic (exact) mass is 310 g/mol. The highest BCUT2D eigenvalue weighted by atomic mass is 35.5. The van der Waals surface area contributed by atoms with Crippen LogP contribution in [0.15, 0.2) is 47.5 Å². The van der Waals surface area contributed by atoms with Gasteiger partial charge in [0.25, 0.3) is 0 Å². The standard InChI is InChI=1S/C14H15ClN2O2S/c1-11-6-3-4-7-12(11)10-17(2)20(18,19)13-8-5-9-16-14(13)15/h3-9H,10H2,1-2H3. The van der Waals surface area contributed by atoms with E-state index in [1.807, 2.05) is 31.2 Å². The zero-order valence-corrected chi connectivity index (χ0v) is 12.8. The number of hydrogen-bond acceptors (Lipinski definition) is 3. The molecule has 106 valence electrons. The van der Waals surface area contributed by atoms with Gasteiger partial charge in [0.05, 0.1) is 0 Å². The minimum Gasteiger partial charge on any atom is -0.243 e. The molecule has 0 unspecified atom stereocenters. The van der Waals surface area contributed by atoms with Crippen molar-refractivity contribution in [2.45, 2.75) is 18.4 Å². The molecule has 0 N–H and O–H groups in total. The summed E-state index contributed by atoms with van der Waals surface area (Å²) in [4.78, 5) is 3.84. The first-order valence-electron chi connectivity index (χ1n) is 6.04. The van der Waals surface area contributed by atoms with Crippen molar-refractivity contribution in [3.05, 3.63) is 58.9 Å². The lowest BCUT2D eigenvalue weighted by molar-refractivity contribution is 0.465. The van der Waals surface area contributed by atoms with Crippen molar-refractivity contribution in [3.63, 3.8) is 0 Å². The molecule has 0 bridgehead atoms. The molecule has 0 fully saturated rings. The molecule has 0 radical (unpaired) electrons. The lowest BCUT2D eigenvalue weighted by Gasteiger charge is -2.18. The fourth-order valence-corrected chi connectivity index (χ4v) is 3.42. The highest BCUT2D eigenvalue weighted by Gasteiger charge is 2.24. The Morgan fingerprint density at radius 2 is 1.90 bits per heavy atom. The van der Waals surface area contributed by atoms with Gasteiger partial charge >= 0.3 is 0 Å². The van der Waals surface area contributed by atoms with Crippen LogP contribution in [0.1, 0.15) is 11.1 Å². The predicted molar refractivity (Wildman–Crippen MR) is 79.1 cm³/mol. The molecule has 0 aliphatic heterocycles. The highest BCUT2D eigenvalue weighted by molar-refractivity contribution is 7.89. The van der Waals surface area contributed by atoms with Gasteiger partial charge in [0.1, 0.15) is 10.0 Å². The molecule has 1 heterocycles. The van der Waals surface area contributed by atoms with Crippen LogP contribution < -0.4 is 0 Å². The molecule has 0 saturated heterocycles. The molecule has 2 rings (SSSR count). The Morgan fingerprint density at radius 1 is 1.20 bits per heavy atom. The number of aromatic nitrogens is 1. The molecular formula is C14H15ClN2O2S. The Labute approximate surface area is 124 Å². The van der Waals surface area contributed by atoms with E-state index in [9.17, 15) is 8.42 Å². The third-order valence-electron chi connectivity index (χ3n) is 3.07. The minimum absolute atomic E-state index is 0.0101. The summed E-state index contributed by atoms with van der Waals surface area (Å²) in [6, 6.07) is 10.7. The quantitative estimate of drug-likeness (QED) is 0.816. The summed E-state index contributed by atoms with van der Waals surface area (Å²) in [7, 11) is -2.11. The van der Waals surface area contributed by atoms with Crippen molar-refractivity contribution in [2.24, 2.45) is 0 Å². The zero-order valence-electron chi connectivity index (χ0n) is 11.2. The summed E-state index contributed by atoms with van der Waals surface area (Å²) in [5.74, 6) is 0. The van der Waals surface area contributed by atoms with E-state index in [1.165, 1.54) is 23.6 Å². The van der Waals surface area contributed by atoms with Crippen LogP contribution in [0.5, 0.6) is 0 Å². The average molecular weight is 311 g/mol. The summed E-state index contributed by atoms with van der Waals surface area (Å²) in [6.07, 6.45) is 1.46. The maximum Gasteiger partial charge on any atom is 0.246 e. The molecule has 1 aromatic carbocycles. The predicted octanol–water partition coefficient (Wildman–Crippen LogP) is 2.86. The molecule has 0 saturated carbocycles. The van der Waals surface area contributed by atoms with E-state index >= 15 is 0 Å². The minimum atomic E-state index is -3.65. The van der Waals surface area contributed by atoms with Gasteiger partial charge in [-0.05, 0) is 30.2 Å². The van der Waals surface area contributed by atoms with Crippen molar-refractivity contribution in [2.75, 3.05) is 7.05 Å². The summed E-state index contributed by atoms with van der Waals surface area (Å²) in [5, 5.41) is -0.0101. The van der Waals surface area contributed by atoms with Gasteiger partial charge in [0.2, 0.25) is 10.0 Å². The molecule has 0 amide bonds. The molecule has 20 heavy (non-hydrogen) atoms. The fraction of sp³-hybridized carbons (Fsp3) is 0.214. The molecule has 0 spiro atoms. The van der Waals surface area contributed by atoms with Gasteiger partial charge in [0.15, 0.2) is 0 Å². The molecule has 2 aromatic rings. The number of rotatable bonds is 4. The Balaban J connectivity index is 2.31. The van der Waals surface area contributed by atoms with Gasteiger partial charge in [-0.25, -0.2) is 13.4 Å². The topological polar surface area (TPSA) is 50.3 Å². The van der Waals surface area contributed by atoms with Crippen LogP contribution in [0.4, 0.5) is 0 Å². The highest BCUT2D eigenvalue weighted by Crippen LogP contribution is 2.23. The third kappa shape index (κ3) is 3.00.